The highest BCUT2D eigenvalue weighted by atomic mass is 16.5. The molecule has 0 radical (unpaired) electrons. The minimum absolute atomic E-state index is 0.118. The number of aryl methyl sites for hydroxylation is 2. The first-order chi connectivity index (χ1) is 9.99. The number of benzene rings is 1. The van der Waals surface area contributed by atoms with Crippen molar-refractivity contribution in [2.45, 2.75) is 57.9 Å². The van der Waals surface area contributed by atoms with Crippen molar-refractivity contribution in [3.8, 4) is 0 Å². The van der Waals surface area contributed by atoms with E-state index in [-0.39, 0.29) is 11.5 Å². The number of nitrogens with two attached hydrogens (primary N) is 1. The van der Waals surface area contributed by atoms with E-state index in [1.807, 2.05) is 0 Å². The first-order valence-electron chi connectivity index (χ1n) is 7.64. The molecular formula is C17H23N3O. The molecule has 2 N–H and O–H groups in total. The van der Waals surface area contributed by atoms with Gasteiger partial charge in [-0.05, 0) is 50.3 Å². The SMILES string of the molecule is Cc1ccc(Cc2noc(C3(C)CCCC3N)n2)cc1C. The molecule has 0 amide bonds. The van der Waals surface area contributed by atoms with Gasteiger partial charge in [-0.3, -0.25) is 0 Å². The van der Waals surface area contributed by atoms with Gasteiger partial charge in [0.25, 0.3) is 0 Å². The fourth-order valence-electron chi connectivity index (χ4n) is 3.11. The topological polar surface area (TPSA) is 64.9 Å². The molecule has 0 saturated heterocycles. The van der Waals surface area contributed by atoms with E-state index in [2.05, 4.69) is 49.1 Å². The summed E-state index contributed by atoms with van der Waals surface area (Å²) in [7, 11) is 0. The Morgan fingerprint density at radius 2 is 2.14 bits per heavy atom. The molecule has 112 valence electrons. The third-order valence-corrected chi connectivity index (χ3v) is 4.92. The number of nitrogens with zero attached hydrogens (tertiary/aromatic N) is 2. The second-order valence-electron chi connectivity index (χ2n) is 6.53. The Labute approximate surface area is 125 Å². The maximum atomic E-state index is 6.22. The zero-order chi connectivity index (χ0) is 15.0. The lowest BCUT2D eigenvalue weighted by molar-refractivity contribution is 0.276. The molecule has 2 atom stereocenters. The van der Waals surface area contributed by atoms with Crippen LogP contribution in [-0.4, -0.2) is 16.2 Å². The maximum Gasteiger partial charge on any atom is 0.234 e. The van der Waals surface area contributed by atoms with Crippen molar-refractivity contribution in [1.29, 1.82) is 0 Å². The van der Waals surface area contributed by atoms with Crippen molar-refractivity contribution < 1.29 is 4.52 Å². The Morgan fingerprint density at radius 3 is 2.81 bits per heavy atom. The molecule has 3 rings (SSSR count). The normalized spacial score (nSPS) is 25.4. The monoisotopic (exact) mass is 285 g/mol. The second kappa shape index (κ2) is 5.26. The van der Waals surface area contributed by atoms with Gasteiger partial charge in [-0.1, -0.05) is 29.8 Å². The lowest BCUT2D eigenvalue weighted by Gasteiger charge is -2.23. The van der Waals surface area contributed by atoms with E-state index >= 15 is 0 Å². The fraction of sp³-hybridized carbons (Fsp3) is 0.529. The van der Waals surface area contributed by atoms with Crippen LogP contribution < -0.4 is 5.73 Å². The average Bonchev–Trinajstić information content (AvgIpc) is 3.03. The lowest BCUT2D eigenvalue weighted by Crippen LogP contribution is -2.38. The number of aromatic nitrogens is 2. The molecule has 2 unspecified atom stereocenters. The quantitative estimate of drug-likeness (QED) is 0.941. The van der Waals surface area contributed by atoms with Gasteiger partial charge < -0.3 is 10.3 Å². The molecule has 0 bridgehead atoms. The van der Waals surface area contributed by atoms with Crippen LogP contribution in [0.4, 0.5) is 0 Å². The van der Waals surface area contributed by atoms with Crippen LogP contribution in [0.3, 0.4) is 0 Å². The van der Waals surface area contributed by atoms with Gasteiger partial charge in [-0.2, -0.15) is 4.98 Å². The molecule has 1 aliphatic carbocycles. The summed E-state index contributed by atoms with van der Waals surface area (Å²) < 4.78 is 5.51. The maximum absolute atomic E-state index is 6.22. The molecule has 4 nitrogen and oxygen atoms in total. The largest absolute Gasteiger partial charge is 0.339 e. The van der Waals surface area contributed by atoms with Crippen LogP contribution in [0, 0.1) is 13.8 Å². The van der Waals surface area contributed by atoms with Gasteiger partial charge in [0.15, 0.2) is 5.82 Å². The van der Waals surface area contributed by atoms with Crippen molar-refractivity contribution in [1.82, 2.24) is 10.1 Å². The van der Waals surface area contributed by atoms with E-state index in [0.29, 0.717) is 12.3 Å². The van der Waals surface area contributed by atoms with Crippen LogP contribution >= 0.6 is 0 Å². The first-order valence-corrected chi connectivity index (χ1v) is 7.64. The Hall–Kier alpha value is -1.68. The van der Waals surface area contributed by atoms with Crippen molar-refractivity contribution in [2.75, 3.05) is 0 Å². The van der Waals surface area contributed by atoms with Gasteiger partial charge in [0.2, 0.25) is 5.89 Å². The molecule has 1 fully saturated rings. The van der Waals surface area contributed by atoms with Crippen molar-refractivity contribution in [3.63, 3.8) is 0 Å². The fourth-order valence-corrected chi connectivity index (χ4v) is 3.11. The first kappa shape index (κ1) is 14.3. The molecule has 1 aromatic carbocycles. The third-order valence-electron chi connectivity index (χ3n) is 4.92. The highest BCUT2D eigenvalue weighted by Crippen LogP contribution is 2.38. The third kappa shape index (κ3) is 2.60. The predicted octanol–water partition coefficient (Wildman–Crippen LogP) is 3.05. The summed E-state index contributed by atoms with van der Waals surface area (Å²) in [6, 6.07) is 6.57. The summed E-state index contributed by atoms with van der Waals surface area (Å²) in [6.07, 6.45) is 3.90. The molecular weight excluding hydrogens is 262 g/mol. The predicted molar refractivity (Wildman–Crippen MR) is 82.2 cm³/mol. The van der Waals surface area contributed by atoms with Gasteiger partial charge >= 0.3 is 0 Å². The van der Waals surface area contributed by atoms with Crippen LogP contribution in [0.1, 0.15) is 54.6 Å². The summed E-state index contributed by atoms with van der Waals surface area (Å²) in [6.45, 7) is 6.38. The zero-order valence-electron chi connectivity index (χ0n) is 13.0. The van der Waals surface area contributed by atoms with Crippen molar-refractivity contribution in [2.24, 2.45) is 5.73 Å². The molecule has 1 aliphatic rings. The van der Waals surface area contributed by atoms with E-state index in [1.165, 1.54) is 16.7 Å². The molecule has 1 heterocycles. The number of hydrogen-bond donors (Lipinski definition) is 1. The van der Waals surface area contributed by atoms with Crippen LogP contribution in [0.2, 0.25) is 0 Å². The highest BCUT2D eigenvalue weighted by Gasteiger charge is 2.42. The summed E-state index contributed by atoms with van der Waals surface area (Å²) in [4.78, 5) is 4.60. The van der Waals surface area contributed by atoms with Gasteiger partial charge in [0.05, 0.1) is 5.41 Å². The Balaban J connectivity index is 1.80. The minimum Gasteiger partial charge on any atom is -0.339 e. The average molecular weight is 285 g/mol. The van der Waals surface area contributed by atoms with E-state index in [9.17, 15) is 0 Å². The van der Waals surface area contributed by atoms with Gasteiger partial charge in [-0.25, -0.2) is 0 Å². The standard InChI is InChI=1S/C17H23N3O/c1-11-6-7-13(9-12(11)2)10-15-19-16(21-20-15)17(3)8-4-5-14(17)18/h6-7,9,14H,4-5,8,10,18H2,1-3H3. The Morgan fingerprint density at radius 1 is 1.33 bits per heavy atom. The highest BCUT2D eigenvalue weighted by molar-refractivity contribution is 5.31. The smallest absolute Gasteiger partial charge is 0.234 e. The second-order valence-corrected chi connectivity index (χ2v) is 6.53. The summed E-state index contributed by atoms with van der Waals surface area (Å²) in [5, 5.41) is 4.15. The molecule has 4 heteroatoms. The molecule has 1 saturated carbocycles. The zero-order valence-corrected chi connectivity index (χ0v) is 13.0. The molecule has 0 spiro atoms. The number of hydrogen-bond acceptors (Lipinski definition) is 4. The van der Waals surface area contributed by atoms with E-state index < -0.39 is 0 Å². The molecule has 2 aromatic rings. The molecule has 0 aliphatic heterocycles. The van der Waals surface area contributed by atoms with E-state index in [1.54, 1.807) is 0 Å². The van der Waals surface area contributed by atoms with Gasteiger partial charge in [0.1, 0.15) is 0 Å². The van der Waals surface area contributed by atoms with Crippen LogP contribution in [0.15, 0.2) is 22.7 Å². The minimum atomic E-state index is -0.158. The van der Waals surface area contributed by atoms with Crippen molar-refractivity contribution >= 4 is 0 Å². The summed E-state index contributed by atoms with van der Waals surface area (Å²) in [5.74, 6) is 1.44. The van der Waals surface area contributed by atoms with Gasteiger partial charge in [0, 0.05) is 12.5 Å². The van der Waals surface area contributed by atoms with Crippen LogP contribution in [0.5, 0.6) is 0 Å². The van der Waals surface area contributed by atoms with Gasteiger partial charge in [-0.15, -0.1) is 0 Å². The van der Waals surface area contributed by atoms with E-state index in [0.717, 1.165) is 25.1 Å². The van der Waals surface area contributed by atoms with E-state index in [4.69, 9.17) is 10.3 Å². The summed E-state index contributed by atoms with van der Waals surface area (Å²) >= 11 is 0. The Kier molecular flexibility index (Phi) is 3.57. The van der Waals surface area contributed by atoms with Crippen LogP contribution in [0.25, 0.3) is 0 Å². The van der Waals surface area contributed by atoms with Crippen molar-refractivity contribution in [3.05, 3.63) is 46.6 Å². The summed E-state index contributed by atoms with van der Waals surface area (Å²) in [5.41, 5.74) is 9.87. The molecule has 21 heavy (non-hydrogen) atoms. The Bertz CT molecular complexity index is 649. The van der Waals surface area contributed by atoms with Crippen LogP contribution in [-0.2, 0) is 11.8 Å². The number of rotatable bonds is 3. The lowest BCUT2D eigenvalue weighted by atomic mass is 9.85. The molecule has 1 aromatic heterocycles.